The topological polar surface area (TPSA) is 114 Å². The molecule has 1 saturated heterocycles. The van der Waals surface area contributed by atoms with Crippen LogP contribution in [0.15, 0.2) is 53.6 Å². The second-order valence-corrected chi connectivity index (χ2v) is 8.52. The van der Waals surface area contributed by atoms with Crippen molar-refractivity contribution in [3.05, 3.63) is 81.7 Å². The molecule has 0 saturated carbocycles. The quantitative estimate of drug-likeness (QED) is 0.455. The summed E-state index contributed by atoms with van der Waals surface area (Å²) < 4.78 is 42.9. The molecule has 182 valence electrons. The molecule has 4 aromatic rings. The lowest BCUT2D eigenvalue weighted by atomic mass is 10.1. The van der Waals surface area contributed by atoms with Gasteiger partial charge in [0, 0.05) is 6.54 Å². The smallest absolute Gasteiger partial charge is 0.382 e. The highest BCUT2D eigenvalue weighted by Gasteiger charge is 2.37. The van der Waals surface area contributed by atoms with Crippen LogP contribution in [-0.2, 0) is 6.18 Å². The van der Waals surface area contributed by atoms with Gasteiger partial charge in [-0.3, -0.25) is 9.36 Å². The molecule has 0 radical (unpaired) electrons. The van der Waals surface area contributed by atoms with Crippen LogP contribution in [0.25, 0.3) is 16.6 Å². The summed E-state index contributed by atoms with van der Waals surface area (Å²) >= 11 is 0. The van der Waals surface area contributed by atoms with Gasteiger partial charge in [0.1, 0.15) is 29.6 Å². The number of nitriles is 1. The second kappa shape index (κ2) is 8.64. The molecule has 1 aliphatic rings. The highest BCUT2D eigenvalue weighted by Crippen LogP contribution is 2.39. The van der Waals surface area contributed by atoms with Gasteiger partial charge in [0.05, 0.1) is 28.2 Å². The third kappa shape index (κ3) is 3.71. The third-order valence-electron chi connectivity index (χ3n) is 6.38. The van der Waals surface area contributed by atoms with Gasteiger partial charge in [-0.15, -0.1) is 0 Å². The Morgan fingerprint density at radius 3 is 2.64 bits per heavy atom. The number of hydrogen-bond acceptors (Lipinski definition) is 7. The molecule has 0 aliphatic carbocycles. The van der Waals surface area contributed by atoms with Crippen LogP contribution in [0.5, 0.6) is 0 Å². The van der Waals surface area contributed by atoms with E-state index in [1.165, 1.54) is 23.0 Å². The van der Waals surface area contributed by atoms with Gasteiger partial charge >= 0.3 is 6.18 Å². The number of para-hydroxylation sites is 1. The zero-order valence-electron chi connectivity index (χ0n) is 19.1. The SMILES string of the molecule is Cc1ccccc1-n1c([C@@H]2CCCN2c2ncnc(N)c2C#N)nc2cccc(C(F)(F)F)c2c1=O. The molecule has 0 spiro atoms. The number of halogens is 3. The van der Waals surface area contributed by atoms with E-state index in [-0.39, 0.29) is 22.7 Å². The molecule has 1 aliphatic heterocycles. The summed E-state index contributed by atoms with van der Waals surface area (Å²) in [5, 5.41) is 9.17. The summed E-state index contributed by atoms with van der Waals surface area (Å²) in [4.78, 5) is 28.4. The number of nitrogens with two attached hydrogens (primary N) is 1. The average Bonchev–Trinajstić information content (AvgIpc) is 3.33. The first-order valence-electron chi connectivity index (χ1n) is 11.2. The highest BCUT2D eigenvalue weighted by molar-refractivity contribution is 5.82. The van der Waals surface area contributed by atoms with Crippen LogP contribution in [0.3, 0.4) is 0 Å². The third-order valence-corrected chi connectivity index (χ3v) is 6.38. The molecule has 2 aromatic heterocycles. The van der Waals surface area contributed by atoms with Gasteiger partial charge in [0.15, 0.2) is 5.82 Å². The van der Waals surface area contributed by atoms with E-state index in [0.717, 1.165) is 6.07 Å². The molecule has 11 heteroatoms. The van der Waals surface area contributed by atoms with Crippen molar-refractivity contribution in [2.24, 2.45) is 0 Å². The fraction of sp³-hybridized carbons (Fsp3) is 0.240. The fourth-order valence-electron chi connectivity index (χ4n) is 4.76. The molecule has 0 bridgehead atoms. The van der Waals surface area contributed by atoms with Gasteiger partial charge in [-0.25, -0.2) is 15.0 Å². The molecular formula is C25H20F3N7O. The minimum atomic E-state index is -4.73. The summed E-state index contributed by atoms with van der Waals surface area (Å²) in [6, 6.07) is 12.0. The number of aryl methyl sites for hydroxylation is 1. The number of rotatable bonds is 3. The van der Waals surface area contributed by atoms with Crippen LogP contribution in [0.2, 0.25) is 0 Å². The van der Waals surface area contributed by atoms with Crippen molar-refractivity contribution < 1.29 is 13.2 Å². The van der Waals surface area contributed by atoms with Crippen molar-refractivity contribution >= 4 is 22.5 Å². The normalized spacial score (nSPS) is 15.9. The summed E-state index contributed by atoms with van der Waals surface area (Å²) in [6.07, 6.45) is -2.26. The number of aromatic nitrogens is 4. The van der Waals surface area contributed by atoms with Crippen molar-refractivity contribution in [1.29, 1.82) is 5.26 Å². The predicted octanol–water partition coefficient (Wildman–Crippen LogP) is 4.30. The van der Waals surface area contributed by atoms with Crippen LogP contribution < -0.4 is 16.2 Å². The van der Waals surface area contributed by atoms with Crippen LogP contribution in [-0.4, -0.2) is 26.1 Å². The lowest BCUT2D eigenvalue weighted by molar-refractivity contribution is -0.136. The van der Waals surface area contributed by atoms with E-state index < -0.39 is 28.7 Å². The Hall–Kier alpha value is -4.46. The lowest BCUT2D eigenvalue weighted by Crippen LogP contribution is -2.33. The molecular weight excluding hydrogens is 471 g/mol. The summed E-state index contributed by atoms with van der Waals surface area (Å²) in [6.45, 7) is 2.26. The van der Waals surface area contributed by atoms with Crippen molar-refractivity contribution in [3.63, 3.8) is 0 Å². The van der Waals surface area contributed by atoms with Gasteiger partial charge in [-0.2, -0.15) is 18.4 Å². The summed E-state index contributed by atoms with van der Waals surface area (Å²) in [5.41, 5.74) is 5.22. The molecule has 8 nitrogen and oxygen atoms in total. The van der Waals surface area contributed by atoms with Crippen LogP contribution in [0.4, 0.5) is 24.8 Å². The van der Waals surface area contributed by atoms with Crippen molar-refractivity contribution in [2.45, 2.75) is 32.0 Å². The molecule has 1 fully saturated rings. The van der Waals surface area contributed by atoms with Crippen molar-refractivity contribution in [1.82, 2.24) is 19.5 Å². The Bertz CT molecular complexity index is 1590. The molecule has 5 rings (SSSR count). The van der Waals surface area contributed by atoms with E-state index in [1.807, 2.05) is 11.0 Å². The number of nitrogens with zero attached hydrogens (tertiary/aromatic N) is 6. The van der Waals surface area contributed by atoms with E-state index in [1.54, 1.807) is 31.2 Å². The van der Waals surface area contributed by atoms with E-state index in [4.69, 9.17) is 5.73 Å². The molecule has 1 atom stereocenters. The molecule has 0 unspecified atom stereocenters. The zero-order chi connectivity index (χ0) is 25.6. The maximum absolute atomic E-state index is 13.9. The monoisotopic (exact) mass is 491 g/mol. The zero-order valence-corrected chi connectivity index (χ0v) is 19.1. The number of fused-ring (bicyclic) bond motifs is 1. The number of alkyl halides is 3. The van der Waals surface area contributed by atoms with E-state index >= 15 is 0 Å². The minimum absolute atomic E-state index is 0.0192. The predicted molar refractivity (Wildman–Crippen MR) is 128 cm³/mol. The van der Waals surface area contributed by atoms with Gasteiger partial charge in [-0.05, 0) is 43.5 Å². The molecule has 0 amide bonds. The van der Waals surface area contributed by atoms with Gasteiger partial charge < -0.3 is 10.6 Å². The van der Waals surface area contributed by atoms with Crippen LogP contribution in [0.1, 0.15) is 41.4 Å². The molecule has 3 heterocycles. The van der Waals surface area contributed by atoms with E-state index in [9.17, 15) is 23.2 Å². The summed E-state index contributed by atoms with van der Waals surface area (Å²) in [5.74, 6) is 0.577. The van der Waals surface area contributed by atoms with Crippen LogP contribution in [0, 0.1) is 18.3 Å². The number of nitrogen functional groups attached to an aromatic ring is 1. The average molecular weight is 491 g/mol. The highest BCUT2D eigenvalue weighted by atomic mass is 19.4. The van der Waals surface area contributed by atoms with Crippen molar-refractivity contribution in [3.8, 4) is 11.8 Å². The maximum Gasteiger partial charge on any atom is 0.417 e. The maximum atomic E-state index is 13.9. The van der Waals surface area contributed by atoms with Gasteiger partial charge in [0.2, 0.25) is 0 Å². The molecule has 2 N–H and O–H groups in total. The first kappa shape index (κ1) is 23.3. The first-order chi connectivity index (χ1) is 17.2. The molecule has 36 heavy (non-hydrogen) atoms. The Balaban J connectivity index is 1.83. The standard InChI is InChI=1S/C25H20F3N7O/c1-14-6-2-3-9-18(14)35-23(33-17-8-4-7-16(25(26,27)28)20(17)24(35)36)19-10-5-11-34(19)22-15(12-29)21(30)31-13-32-22/h2-4,6-9,13,19H,5,10-11H2,1H3,(H2,30,31,32)/t19-/m0/s1. The number of benzene rings is 2. The minimum Gasteiger partial charge on any atom is -0.382 e. The first-order valence-corrected chi connectivity index (χ1v) is 11.2. The number of anilines is 2. The van der Waals surface area contributed by atoms with Crippen LogP contribution >= 0.6 is 0 Å². The van der Waals surface area contributed by atoms with E-state index in [2.05, 4.69) is 15.0 Å². The molecule has 2 aromatic carbocycles. The Kier molecular flexibility index (Phi) is 5.59. The van der Waals surface area contributed by atoms with E-state index in [0.29, 0.717) is 36.5 Å². The number of hydrogen-bond donors (Lipinski definition) is 1. The lowest BCUT2D eigenvalue weighted by Gasteiger charge is -2.28. The Morgan fingerprint density at radius 1 is 1.14 bits per heavy atom. The summed E-state index contributed by atoms with van der Waals surface area (Å²) in [7, 11) is 0. The largest absolute Gasteiger partial charge is 0.417 e. The Labute approximate surface area is 203 Å². The van der Waals surface area contributed by atoms with Gasteiger partial charge in [-0.1, -0.05) is 24.3 Å². The second-order valence-electron chi connectivity index (χ2n) is 8.52. The fourth-order valence-corrected chi connectivity index (χ4v) is 4.76. The Morgan fingerprint density at radius 2 is 1.92 bits per heavy atom. The van der Waals surface area contributed by atoms with Gasteiger partial charge in [0.25, 0.3) is 5.56 Å². The van der Waals surface area contributed by atoms with Crippen molar-refractivity contribution in [2.75, 3.05) is 17.2 Å².